The van der Waals surface area contributed by atoms with E-state index in [1.165, 1.54) is 16.4 Å². The number of hydrogen-bond acceptors (Lipinski definition) is 4. The standard InChI is InChI=1S/C17H17NO5S/c19-17(20)15-3-1-13(2-4-15)14-5-7-16(8-6-14)24(21,22)18-9-11-23-12-10-18/h1-8H,9-12H2,(H,19,20). The summed E-state index contributed by atoms with van der Waals surface area (Å²) in [7, 11) is -3.50. The molecule has 2 aromatic carbocycles. The zero-order chi connectivity index (χ0) is 17.2. The molecule has 1 aliphatic heterocycles. The molecule has 1 N–H and O–H groups in total. The van der Waals surface area contributed by atoms with Crippen LogP contribution >= 0.6 is 0 Å². The molecule has 0 aromatic heterocycles. The average molecular weight is 347 g/mol. The number of rotatable bonds is 4. The first-order chi connectivity index (χ1) is 11.5. The Balaban J connectivity index is 1.83. The number of carboxylic acids is 1. The van der Waals surface area contributed by atoms with Gasteiger partial charge in [-0.05, 0) is 35.4 Å². The fraction of sp³-hybridized carbons (Fsp3) is 0.235. The molecule has 0 unspecified atom stereocenters. The number of aromatic carboxylic acids is 1. The summed E-state index contributed by atoms with van der Waals surface area (Å²) in [5, 5.41) is 8.92. The first-order valence-corrected chi connectivity index (χ1v) is 8.94. The third-order valence-corrected chi connectivity index (χ3v) is 5.84. The van der Waals surface area contributed by atoms with Crippen molar-refractivity contribution in [3.63, 3.8) is 0 Å². The molecule has 126 valence electrons. The van der Waals surface area contributed by atoms with Crippen LogP contribution in [0.1, 0.15) is 10.4 Å². The van der Waals surface area contributed by atoms with Crippen molar-refractivity contribution >= 4 is 16.0 Å². The zero-order valence-corrected chi connectivity index (χ0v) is 13.7. The van der Waals surface area contributed by atoms with Crippen LogP contribution in [-0.4, -0.2) is 50.1 Å². The molecule has 24 heavy (non-hydrogen) atoms. The normalized spacial score (nSPS) is 16.0. The van der Waals surface area contributed by atoms with E-state index in [2.05, 4.69) is 0 Å². The maximum Gasteiger partial charge on any atom is 0.335 e. The number of hydrogen-bond donors (Lipinski definition) is 1. The van der Waals surface area contributed by atoms with E-state index >= 15 is 0 Å². The van der Waals surface area contributed by atoms with Gasteiger partial charge < -0.3 is 9.84 Å². The predicted octanol–water partition coefficient (Wildman–Crippen LogP) is 2.07. The van der Waals surface area contributed by atoms with E-state index in [-0.39, 0.29) is 10.5 Å². The van der Waals surface area contributed by atoms with Gasteiger partial charge in [0, 0.05) is 13.1 Å². The first kappa shape index (κ1) is 16.6. The van der Waals surface area contributed by atoms with Gasteiger partial charge in [0.2, 0.25) is 10.0 Å². The van der Waals surface area contributed by atoms with Crippen LogP contribution in [0.3, 0.4) is 0 Å². The lowest BCUT2D eigenvalue weighted by molar-refractivity contribution is 0.0697. The lowest BCUT2D eigenvalue weighted by Gasteiger charge is -2.26. The van der Waals surface area contributed by atoms with Gasteiger partial charge in [0.1, 0.15) is 0 Å². The highest BCUT2D eigenvalue weighted by atomic mass is 32.2. The molecule has 0 radical (unpaired) electrons. The molecule has 0 aliphatic carbocycles. The van der Waals surface area contributed by atoms with E-state index in [0.717, 1.165) is 11.1 Å². The molecule has 3 rings (SSSR count). The number of nitrogens with zero attached hydrogens (tertiary/aromatic N) is 1. The minimum atomic E-state index is -3.50. The van der Waals surface area contributed by atoms with E-state index in [1.54, 1.807) is 36.4 Å². The van der Waals surface area contributed by atoms with Crippen LogP contribution in [0.4, 0.5) is 0 Å². The van der Waals surface area contributed by atoms with Crippen LogP contribution in [-0.2, 0) is 14.8 Å². The number of carbonyl (C=O) groups is 1. The van der Waals surface area contributed by atoms with Gasteiger partial charge in [-0.2, -0.15) is 4.31 Å². The van der Waals surface area contributed by atoms with Crippen LogP contribution in [0.25, 0.3) is 11.1 Å². The summed E-state index contributed by atoms with van der Waals surface area (Å²) >= 11 is 0. The summed E-state index contributed by atoms with van der Waals surface area (Å²) in [5.74, 6) is -0.978. The Morgan fingerprint density at radius 3 is 1.92 bits per heavy atom. The van der Waals surface area contributed by atoms with Crippen molar-refractivity contribution in [3.8, 4) is 11.1 Å². The third kappa shape index (κ3) is 3.33. The molecule has 1 fully saturated rings. The summed E-state index contributed by atoms with van der Waals surface area (Å²) in [6.45, 7) is 1.54. The molecule has 0 bridgehead atoms. The van der Waals surface area contributed by atoms with Gasteiger partial charge in [-0.1, -0.05) is 24.3 Å². The van der Waals surface area contributed by atoms with Crippen LogP contribution in [0, 0.1) is 0 Å². The summed E-state index contributed by atoms with van der Waals surface area (Å²) in [6.07, 6.45) is 0. The van der Waals surface area contributed by atoms with Gasteiger partial charge in [-0.25, -0.2) is 13.2 Å². The van der Waals surface area contributed by atoms with Gasteiger partial charge in [0.05, 0.1) is 23.7 Å². The Morgan fingerprint density at radius 1 is 0.917 bits per heavy atom. The lowest BCUT2D eigenvalue weighted by Crippen LogP contribution is -2.40. The van der Waals surface area contributed by atoms with Crippen LogP contribution < -0.4 is 0 Å². The zero-order valence-electron chi connectivity index (χ0n) is 12.9. The average Bonchev–Trinajstić information content (AvgIpc) is 2.62. The maximum atomic E-state index is 12.6. The second-order valence-electron chi connectivity index (χ2n) is 5.42. The molecule has 0 atom stereocenters. The van der Waals surface area contributed by atoms with Crippen LogP contribution in [0.5, 0.6) is 0 Å². The van der Waals surface area contributed by atoms with Gasteiger partial charge in [-0.15, -0.1) is 0 Å². The molecule has 1 aliphatic rings. The Kier molecular flexibility index (Phi) is 4.66. The van der Waals surface area contributed by atoms with E-state index < -0.39 is 16.0 Å². The number of morpholine rings is 1. The first-order valence-electron chi connectivity index (χ1n) is 7.50. The molecule has 6 nitrogen and oxygen atoms in total. The minimum absolute atomic E-state index is 0.213. The predicted molar refractivity (Wildman–Crippen MR) is 88.4 cm³/mol. The Bertz CT molecular complexity index is 822. The second-order valence-corrected chi connectivity index (χ2v) is 7.36. The Morgan fingerprint density at radius 2 is 1.42 bits per heavy atom. The third-order valence-electron chi connectivity index (χ3n) is 3.93. The molecule has 0 saturated carbocycles. The van der Waals surface area contributed by atoms with E-state index in [4.69, 9.17) is 9.84 Å². The van der Waals surface area contributed by atoms with Crippen molar-refractivity contribution in [2.75, 3.05) is 26.3 Å². The summed E-state index contributed by atoms with van der Waals surface area (Å²) in [4.78, 5) is 11.1. The number of ether oxygens (including phenoxy) is 1. The Hall–Kier alpha value is -2.22. The van der Waals surface area contributed by atoms with Crippen LogP contribution in [0.2, 0.25) is 0 Å². The van der Waals surface area contributed by atoms with Crippen LogP contribution in [0.15, 0.2) is 53.4 Å². The smallest absolute Gasteiger partial charge is 0.335 e. The van der Waals surface area contributed by atoms with Crippen molar-refractivity contribution in [3.05, 3.63) is 54.1 Å². The maximum absolute atomic E-state index is 12.6. The van der Waals surface area contributed by atoms with Gasteiger partial charge in [0.15, 0.2) is 0 Å². The molecule has 0 amide bonds. The van der Waals surface area contributed by atoms with Crippen molar-refractivity contribution in [2.45, 2.75) is 4.90 Å². The second kappa shape index (κ2) is 6.72. The summed E-state index contributed by atoms with van der Waals surface area (Å²) in [5.41, 5.74) is 1.87. The number of sulfonamides is 1. The quantitative estimate of drug-likeness (QED) is 0.915. The SMILES string of the molecule is O=C(O)c1ccc(-c2ccc(S(=O)(=O)N3CCOCC3)cc2)cc1. The van der Waals surface area contributed by atoms with Gasteiger partial charge in [-0.3, -0.25) is 0 Å². The molecular formula is C17H17NO5S. The number of carboxylic acid groups (broad SMARTS) is 1. The molecule has 2 aromatic rings. The molecule has 1 heterocycles. The van der Waals surface area contributed by atoms with Gasteiger partial charge >= 0.3 is 5.97 Å². The molecular weight excluding hydrogens is 330 g/mol. The summed E-state index contributed by atoms with van der Waals surface area (Å²) < 4.78 is 31.7. The highest BCUT2D eigenvalue weighted by Crippen LogP contribution is 2.24. The number of benzene rings is 2. The van der Waals surface area contributed by atoms with Crippen molar-refractivity contribution in [2.24, 2.45) is 0 Å². The highest BCUT2D eigenvalue weighted by molar-refractivity contribution is 7.89. The lowest BCUT2D eigenvalue weighted by atomic mass is 10.0. The fourth-order valence-electron chi connectivity index (χ4n) is 2.56. The van der Waals surface area contributed by atoms with Gasteiger partial charge in [0.25, 0.3) is 0 Å². The van der Waals surface area contributed by atoms with E-state index in [9.17, 15) is 13.2 Å². The van der Waals surface area contributed by atoms with Crippen molar-refractivity contribution in [1.82, 2.24) is 4.31 Å². The Labute approximate surface area is 140 Å². The fourth-order valence-corrected chi connectivity index (χ4v) is 3.97. The minimum Gasteiger partial charge on any atom is -0.478 e. The highest BCUT2D eigenvalue weighted by Gasteiger charge is 2.26. The van der Waals surface area contributed by atoms with Crippen molar-refractivity contribution < 1.29 is 23.1 Å². The monoisotopic (exact) mass is 347 g/mol. The van der Waals surface area contributed by atoms with E-state index in [0.29, 0.717) is 26.3 Å². The largest absolute Gasteiger partial charge is 0.478 e. The molecule has 1 saturated heterocycles. The summed E-state index contributed by atoms with van der Waals surface area (Å²) in [6, 6.07) is 13.1. The molecule has 0 spiro atoms. The van der Waals surface area contributed by atoms with E-state index in [1.807, 2.05) is 0 Å². The molecule has 7 heteroatoms. The van der Waals surface area contributed by atoms with Crippen molar-refractivity contribution in [1.29, 1.82) is 0 Å². The topological polar surface area (TPSA) is 83.9 Å².